The van der Waals surface area contributed by atoms with Crippen molar-refractivity contribution in [2.24, 2.45) is 11.8 Å². The molecule has 0 aliphatic carbocycles. The Bertz CT molecular complexity index is 631. The number of benzene rings is 1. The molecule has 0 fully saturated rings. The molecule has 2 atom stereocenters. The average molecular weight is 365 g/mol. The molecule has 0 spiro atoms. The fourth-order valence-electron chi connectivity index (χ4n) is 2.93. The molecule has 0 aliphatic rings. The first kappa shape index (κ1) is 19.8. The fraction of sp³-hybridized carbons (Fsp3) is 0.450. The molecular formula is C20H26ClFN2O. The Hall–Kier alpha value is -1.49. The summed E-state index contributed by atoms with van der Waals surface area (Å²) in [6, 6.07) is 8.86. The number of pyridine rings is 1. The van der Waals surface area contributed by atoms with Gasteiger partial charge in [0.15, 0.2) is 0 Å². The Morgan fingerprint density at radius 2 is 1.92 bits per heavy atom. The zero-order valence-corrected chi connectivity index (χ0v) is 15.5. The van der Waals surface area contributed by atoms with Crippen LogP contribution in [0.1, 0.15) is 37.4 Å². The highest BCUT2D eigenvalue weighted by atomic mass is 35.5. The first-order valence-corrected chi connectivity index (χ1v) is 9.06. The Morgan fingerprint density at radius 1 is 1.20 bits per heavy atom. The second kappa shape index (κ2) is 9.85. The van der Waals surface area contributed by atoms with Gasteiger partial charge in [-0.05, 0) is 54.5 Å². The van der Waals surface area contributed by atoms with Crippen LogP contribution in [0.2, 0.25) is 5.02 Å². The Morgan fingerprint density at radius 3 is 2.52 bits per heavy atom. The largest absolute Gasteiger partial charge is 0.396 e. The Kier molecular flexibility index (Phi) is 7.82. The van der Waals surface area contributed by atoms with E-state index in [1.165, 1.54) is 11.6 Å². The molecule has 2 aromatic rings. The van der Waals surface area contributed by atoms with Crippen molar-refractivity contribution in [3.63, 3.8) is 0 Å². The van der Waals surface area contributed by atoms with Crippen molar-refractivity contribution in [3.05, 3.63) is 64.7 Å². The first-order chi connectivity index (χ1) is 12.0. The van der Waals surface area contributed by atoms with E-state index < -0.39 is 0 Å². The quantitative estimate of drug-likeness (QED) is 0.693. The van der Waals surface area contributed by atoms with Gasteiger partial charge in [0, 0.05) is 42.2 Å². The predicted molar refractivity (Wildman–Crippen MR) is 100 cm³/mol. The van der Waals surface area contributed by atoms with E-state index in [0.717, 1.165) is 6.42 Å². The maximum absolute atomic E-state index is 14.0. The number of halogens is 2. The summed E-state index contributed by atoms with van der Waals surface area (Å²) < 4.78 is 14.0. The molecule has 2 unspecified atom stereocenters. The highest BCUT2D eigenvalue weighted by Crippen LogP contribution is 2.24. The summed E-state index contributed by atoms with van der Waals surface area (Å²) in [5.74, 6) is 0.101. The van der Waals surface area contributed by atoms with Crippen molar-refractivity contribution < 1.29 is 9.50 Å². The van der Waals surface area contributed by atoms with Gasteiger partial charge in [-0.1, -0.05) is 31.5 Å². The monoisotopic (exact) mass is 364 g/mol. The van der Waals surface area contributed by atoms with Crippen molar-refractivity contribution in [1.82, 2.24) is 10.3 Å². The van der Waals surface area contributed by atoms with Crippen LogP contribution < -0.4 is 5.32 Å². The molecule has 0 saturated heterocycles. The van der Waals surface area contributed by atoms with E-state index >= 15 is 0 Å². The lowest BCUT2D eigenvalue weighted by atomic mass is 9.95. The number of hydrogen-bond acceptors (Lipinski definition) is 3. The van der Waals surface area contributed by atoms with Crippen LogP contribution in [0.25, 0.3) is 0 Å². The van der Waals surface area contributed by atoms with Crippen molar-refractivity contribution >= 4 is 11.6 Å². The smallest absolute Gasteiger partial charge is 0.127 e. The van der Waals surface area contributed by atoms with E-state index in [9.17, 15) is 9.50 Å². The topological polar surface area (TPSA) is 45.1 Å². The number of hydrogen-bond donors (Lipinski definition) is 2. The van der Waals surface area contributed by atoms with E-state index in [-0.39, 0.29) is 24.4 Å². The van der Waals surface area contributed by atoms with Gasteiger partial charge < -0.3 is 10.4 Å². The zero-order valence-electron chi connectivity index (χ0n) is 14.8. The van der Waals surface area contributed by atoms with Gasteiger partial charge >= 0.3 is 0 Å². The minimum absolute atomic E-state index is 0.0254. The van der Waals surface area contributed by atoms with Crippen molar-refractivity contribution in [2.75, 3.05) is 13.2 Å². The summed E-state index contributed by atoms with van der Waals surface area (Å²) in [4.78, 5) is 4.07. The third-order valence-corrected chi connectivity index (χ3v) is 4.64. The van der Waals surface area contributed by atoms with Crippen molar-refractivity contribution in [3.8, 4) is 0 Å². The molecule has 0 amide bonds. The van der Waals surface area contributed by atoms with Crippen LogP contribution in [0, 0.1) is 17.7 Å². The minimum atomic E-state index is -0.321. The number of nitrogens with one attached hydrogen (secondary N) is 1. The zero-order chi connectivity index (χ0) is 18.2. The molecule has 2 rings (SSSR count). The maximum Gasteiger partial charge on any atom is 0.127 e. The number of aliphatic hydroxyl groups excluding tert-OH is 1. The number of rotatable bonds is 9. The van der Waals surface area contributed by atoms with E-state index in [1.54, 1.807) is 24.5 Å². The van der Waals surface area contributed by atoms with E-state index in [2.05, 4.69) is 24.1 Å². The summed E-state index contributed by atoms with van der Waals surface area (Å²) in [7, 11) is 0. The van der Waals surface area contributed by atoms with Crippen molar-refractivity contribution in [1.29, 1.82) is 0 Å². The van der Waals surface area contributed by atoms with Gasteiger partial charge in [-0.15, -0.1) is 0 Å². The molecule has 2 N–H and O–H groups in total. The predicted octanol–water partition coefficient (Wildman–Crippen LogP) is 4.40. The highest BCUT2D eigenvalue weighted by Gasteiger charge is 2.18. The molecule has 0 saturated carbocycles. The molecule has 5 heteroatoms. The molecule has 1 heterocycles. The van der Waals surface area contributed by atoms with Crippen molar-refractivity contribution in [2.45, 2.75) is 32.7 Å². The second-order valence-electron chi connectivity index (χ2n) is 6.82. The molecule has 1 aromatic carbocycles. The normalized spacial score (nSPS) is 13.8. The molecule has 3 nitrogen and oxygen atoms in total. The van der Waals surface area contributed by atoms with E-state index in [4.69, 9.17) is 11.6 Å². The third kappa shape index (κ3) is 6.07. The molecule has 0 radical (unpaired) electrons. The van der Waals surface area contributed by atoms with Crippen LogP contribution in [-0.2, 0) is 6.42 Å². The summed E-state index contributed by atoms with van der Waals surface area (Å²) in [6.45, 7) is 4.92. The van der Waals surface area contributed by atoms with Crippen LogP contribution in [0.5, 0.6) is 0 Å². The van der Waals surface area contributed by atoms with E-state index in [0.29, 0.717) is 29.5 Å². The molecule has 1 aromatic heterocycles. The molecule has 0 aliphatic heterocycles. The first-order valence-electron chi connectivity index (χ1n) is 8.68. The summed E-state index contributed by atoms with van der Waals surface area (Å²) in [5, 5.41) is 13.7. The van der Waals surface area contributed by atoms with Gasteiger partial charge in [-0.25, -0.2) is 4.39 Å². The molecule has 136 valence electrons. The second-order valence-corrected chi connectivity index (χ2v) is 7.23. The lowest BCUT2D eigenvalue weighted by molar-refractivity contribution is 0.215. The Labute approximate surface area is 154 Å². The standard InChI is InChI=1S/C20H26ClFN2O/c1-14(2)10-20(16-6-8-23-9-7-16)24-12-15(13-25)11-17-18(21)4-3-5-19(17)22/h3-9,14-15,20,24-25H,10-13H2,1-2H3. The molecular weight excluding hydrogens is 339 g/mol. The average Bonchev–Trinajstić information content (AvgIpc) is 2.60. The maximum atomic E-state index is 14.0. The van der Waals surface area contributed by atoms with Crippen LogP contribution >= 0.6 is 11.6 Å². The minimum Gasteiger partial charge on any atom is -0.396 e. The summed E-state index contributed by atoms with van der Waals surface area (Å²) >= 11 is 6.11. The summed E-state index contributed by atoms with van der Waals surface area (Å²) in [6.07, 6.45) is 4.95. The van der Waals surface area contributed by atoms with E-state index in [1.807, 2.05) is 12.1 Å². The van der Waals surface area contributed by atoms with Gasteiger partial charge in [-0.3, -0.25) is 4.98 Å². The highest BCUT2D eigenvalue weighted by molar-refractivity contribution is 6.31. The van der Waals surface area contributed by atoms with Gasteiger partial charge in [0.05, 0.1) is 0 Å². The van der Waals surface area contributed by atoms with Crippen LogP contribution in [-0.4, -0.2) is 23.2 Å². The van der Waals surface area contributed by atoms with Gasteiger partial charge in [0.25, 0.3) is 0 Å². The Balaban J connectivity index is 2.04. The van der Waals surface area contributed by atoms with Crippen LogP contribution in [0.15, 0.2) is 42.7 Å². The summed E-state index contributed by atoms with van der Waals surface area (Å²) in [5.41, 5.74) is 1.64. The van der Waals surface area contributed by atoms with Gasteiger partial charge in [0.2, 0.25) is 0 Å². The third-order valence-electron chi connectivity index (χ3n) is 4.28. The van der Waals surface area contributed by atoms with Crippen LogP contribution in [0.4, 0.5) is 4.39 Å². The van der Waals surface area contributed by atoms with Crippen LogP contribution in [0.3, 0.4) is 0 Å². The SMILES string of the molecule is CC(C)CC(NCC(CO)Cc1c(F)cccc1Cl)c1ccncc1. The molecule has 25 heavy (non-hydrogen) atoms. The lowest BCUT2D eigenvalue weighted by Gasteiger charge is -2.24. The number of aromatic nitrogens is 1. The van der Waals surface area contributed by atoms with Gasteiger partial charge in [-0.2, -0.15) is 0 Å². The lowest BCUT2D eigenvalue weighted by Crippen LogP contribution is -2.31. The molecule has 0 bridgehead atoms. The van der Waals surface area contributed by atoms with Gasteiger partial charge in [0.1, 0.15) is 5.82 Å². The number of aliphatic hydroxyl groups is 1. The fourth-order valence-corrected chi connectivity index (χ4v) is 3.17. The number of nitrogens with zero attached hydrogens (tertiary/aromatic N) is 1.